The number of nitrogens with zero attached hydrogens (tertiary/aromatic N) is 3. The van der Waals surface area contributed by atoms with Crippen molar-refractivity contribution in [1.29, 1.82) is 0 Å². The lowest BCUT2D eigenvalue weighted by Crippen LogP contribution is -1.96. The van der Waals surface area contributed by atoms with Crippen LogP contribution in [0.15, 0.2) is 205 Å². The first kappa shape index (κ1) is 31.9. The fraction of sp³-hybridized carbons (Fsp3) is 0. The van der Waals surface area contributed by atoms with E-state index < -0.39 is 0 Å². The van der Waals surface area contributed by atoms with Crippen molar-refractivity contribution < 1.29 is 4.42 Å². The van der Waals surface area contributed by atoms with Crippen molar-refractivity contribution in [2.45, 2.75) is 0 Å². The van der Waals surface area contributed by atoms with Gasteiger partial charge in [0, 0.05) is 38.2 Å². The first-order valence-electron chi connectivity index (χ1n) is 18.9. The summed E-state index contributed by atoms with van der Waals surface area (Å²) < 4.78 is 9.35. The highest BCUT2D eigenvalue weighted by Gasteiger charge is 2.21. The summed E-state index contributed by atoms with van der Waals surface area (Å²) in [7, 11) is 0. The molecule has 8 aromatic carbocycles. The van der Waals surface area contributed by atoms with Crippen molar-refractivity contribution in [3.8, 4) is 61.8 Å². The van der Waals surface area contributed by atoms with Gasteiger partial charge in [0.25, 0.3) is 0 Å². The molecule has 3 heterocycles. The topological polar surface area (TPSA) is 43.9 Å². The maximum atomic E-state index is 6.96. The van der Waals surface area contributed by atoms with Gasteiger partial charge in [-0.25, -0.2) is 9.97 Å². The van der Waals surface area contributed by atoms with E-state index in [0.717, 1.165) is 77.9 Å². The average Bonchev–Trinajstić information content (AvgIpc) is 3.83. The summed E-state index contributed by atoms with van der Waals surface area (Å²) in [6.07, 6.45) is 0. The number of para-hydroxylation sites is 1. The Hall–Kier alpha value is -7.56. The molecule has 3 aromatic heterocycles. The van der Waals surface area contributed by atoms with Crippen molar-refractivity contribution in [3.05, 3.63) is 200 Å². The number of benzene rings is 8. The van der Waals surface area contributed by atoms with Gasteiger partial charge in [-0.2, -0.15) is 0 Å². The molecule has 4 heteroatoms. The maximum Gasteiger partial charge on any atom is 0.160 e. The van der Waals surface area contributed by atoms with Crippen LogP contribution >= 0.6 is 0 Å². The Morgan fingerprint density at radius 2 is 0.911 bits per heavy atom. The van der Waals surface area contributed by atoms with E-state index in [1.807, 2.05) is 36.4 Å². The predicted molar refractivity (Wildman–Crippen MR) is 231 cm³/mol. The minimum atomic E-state index is 0.682. The van der Waals surface area contributed by atoms with Crippen molar-refractivity contribution in [1.82, 2.24) is 14.5 Å². The van der Waals surface area contributed by atoms with Crippen LogP contribution in [-0.4, -0.2) is 14.5 Å². The zero-order valence-corrected chi connectivity index (χ0v) is 30.3. The Morgan fingerprint density at radius 1 is 0.375 bits per heavy atom. The summed E-state index contributed by atoms with van der Waals surface area (Å²) in [5.41, 5.74) is 14.3. The van der Waals surface area contributed by atoms with Gasteiger partial charge < -0.3 is 8.98 Å². The molecule has 0 amide bonds. The van der Waals surface area contributed by atoms with Crippen LogP contribution in [0.5, 0.6) is 0 Å². The number of furan rings is 1. The molecule has 11 aromatic rings. The van der Waals surface area contributed by atoms with Gasteiger partial charge in [-0.3, -0.25) is 0 Å². The van der Waals surface area contributed by atoms with Gasteiger partial charge in [0.15, 0.2) is 11.4 Å². The second kappa shape index (κ2) is 13.1. The summed E-state index contributed by atoms with van der Waals surface area (Å²) in [5.74, 6) is 0.682. The number of hydrogen-bond donors (Lipinski definition) is 0. The molecule has 4 nitrogen and oxygen atoms in total. The first-order chi connectivity index (χ1) is 27.8. The van der Waals surface area contributed by atoms with Crippen LogP contribution in [0.3, 0.4) is 0 Å². The summed E-state index contributed by atoms with van der Waals surface area (Å²) in [5, 5.41) is 4.44. The maximum absolute atomic E-state index is 6.96. The van der Waals surface area contributed by atoms with E-state index in [1.54, 1.807) is 0 Å². The monoisotopic (exact) mass is 715 g/mol. The second-order valence-electron chi connectivity index (χ2n) is 14.2. The van der Waals surface area contributed by atoms with Crippen molar-refractivity contribution >= 4 is 43.7 Å². The third-order valence-corrected chi connectivity index (χ3v) is 10.8. The van der Waals surface area contributed by atoms with Gasteiger partial charge in [0.1, 0.15) is 5.58 Å². The fourth-order valence-electron chi connectivity index (χ4n) is 8.18. The summed E-state index contributed by atoms with van der Waals surface area (Å²) in [6.45, 7) is 0. The van der Waals surface area contributed by atoms with Crippen LogP contribution in [0.1, 0.15) is 0 Å². The Morgan fingerprint density at radius 3 is 1.52 bits per heavy atom. The van der Waals surface area contributed by atoms with E-state index in [0.29, 0.717) is 5.82 Å². The molecule has 0 aliphatic carbocycles. The number of aromatic nitrogens is 3. The van der Waals surface area contributed by atoms with Crippen LogP contribution in [0, 0.1) is 0 Å². The minimum Gasteiger partial charge on any atom is -0.454 e. The van der Waals surface area contributed by atoms with Gasteiger partial charge in [-0.1, -0.05) is 170 Å². The van der Waals surface area contributed by atoms with Gasteiger partial charge in [-0.15, -0.1) is 0 Å². The van der Waals surface area contributed by atoms with Gasteiger partial charge in [0.2, 0.25) is 0 Å². The third kappa shape index (κ3) is 5.31. The highest BCUT2D eigenvalue weighted by Crippen LogP contribution is 2.43. The summed E-state index contributed by atoms with van der Waals surface area (Å²) in [4.78, 5) is 10.3. The molecule has 0 atom stereocenters. The third-order valence-electron chi connectivity index (χ3n) is 10.8. The standard InChI is InChI=1S/C52H33N3O/c1-5-15-34(16-6-1)38-27-29-40-41-30-28-39(35-17-7-2-8-18-35)32-48(41)55(47(40)31-38)46-25-13-24-43-50-42(23-14-26-49(50)56-51(43)46)45-33-44(36-19-9-3-10-20-36)53-52(54-45)37-21-11-4-12-22-37/h1-33H. The van der Waals surface area contributed by atoms with E-state index in [2.05, 4.69) is 168 Å². The van der Waals surface area contributed by atoms with E-state index in [1.165, 1.54) is 21.9 Å². The molecular weight excluding hydrogens is 683 g/mol. The molecule has 0 saturated carbocycles. The molecule has 0 fully saturated rings. The number of rotatable bonds is 6. The van der Waals surface area contributed by atoms with Crippen molar-refractivity contribution in [2.75, 3.05) is 0 Å². The molecule has 56 heavy (non-hydrogen) atoms. The van der Waals surface area contributed by atoms with E-state index >= 15 is 0 Å². The minimum absolute atomic E-state index is 0.682. The van der Waals surface area contributed by atoms with Crippen LogP contribution in [0.2, 0.25) is 0 Å². The predicted octanol–water partition coefficient (Wildman–Crippen LogP) is 13.8. The normalized spacial score (nSPS) is 11.6. The van der Waals surface area contributed by atoms with E-state index in [-0.39, 0.29) is 0 Å². The van der Waals surface area contributed by atoms with Gasteiger partial charge in [-0.05, 0) is 52.6 Å². The molecular formula is C52H33N3O. The van der Waals surface area contributed by atoms with Gasteiger partial charge in [0.05, 0.1) is 28.1 Å². The lowest BCUT2D eigenvalue weighted by molar-refractivity contribution is 0.666. The first-order valence-corrected chi connectivity index (χ1v) is 18.9. The lowest BCUT2D eigenvalue weighted by Gasteiger charge is -2.11. The quantitative estimate of drug-likeness (QED) is 0.172. The zero-order chi connectivity index (χ0) is 37.0. The molecule has 262 valence electrons. The second-order valence-corrected chi connectivity index (χ2v) is 14.2. The number of hydrogen-bond acceptors (Lipinski definition) is 3. The Kier molecular flexibility index (Phi) is 7.46. The molecule has 0 aliphatic rings. The highest BCUT2D eigenvalue weighted by molar-refractivity contribution is 6.16. The zero-order valence-electron chi connectivity index (χ0n) is 30.3. The smallest absolute Gasteiger partial charge is 0.160 e. The molecule has 0 aliphatic heterocycles. The molecule has 0 unspecified atom stereocenters. The van der Waals surface area contributed by atoms with Crippen molar-refractivity contribution in [3.63, 3.8) is 0 Å². The average molecular weight is 716 g/mol. The Bertz CT molecular complexity index is 3070. The summed E-state index contributed by atoms with van der Waals surface area (Å²) >= 11 is 0. The number of fused-ring (bicyclic) bond motifs is 6. The van der Waals surface area contributed by atoms with Crippen LogP contribution < -0.4 is 0 Å². The fourth-order valence-corrected chi connectivity index (χ4v) is 8.18. The van der Waals surface area contributed by atoms with E-state index in [9.17, 15) is 0 Å². The Labute approximate surface area is 323 Å². The van der Waals surface area contributed by atoms with Crippen molar-refractivity contribution in [2.24, 2.45) is 0 Å². The lowest BCUT2D eigenvalue weighted by atomic mass is 10.0. The Balaban J connectivity index is 1.18. The van der Waals surface area contributed by atoms with Crippen LogP contribution in [0.25, 0.3) is 106 Å². The van der Waals surface area contributed by atoms with E-state index in [4.69, 9.17) is 14.4 Å². The van der Waals surface area contributed by atoms with Crippen LogP contribution in [0.4, 0.5) is 0 Å². The summed E-state index contributed by atoms with van der Waals surface area (Å²) in [6, 6.07) is 70.2. The highest BCUT2D eigenvalue weighted by atomic mass is 16.3. The molecule has 0 radical (unpaired) electrons. The molecule has 11 rings (SSSR count). The molecule has 0 bridgehead atoms. The molecule has 0 saturated heterocycles. The van der Waals surface area contributed by atoms with Crippen LogP contribution in [-0.2, 0) is 0 Å². The molecule has 0 spiro atoms. The SMILES string of the molecule is c1ccc(-c2ccc3c4ccc(-c5ccccc5)cc4n(-c4cccc5c4oc4cccc(-c6cc(-c7ccccc7)nc(-c7ccccc7)n6)c45)c3c2)cc1. The largest absolute Gasteiger partial charge is 0.454 e. The van der Waals surface area contributed by atoms with Gasteiger partial charge >= 0.3 is 0 Å². The molecule has 0 N–H and O–H groups in total.